The second-order valence-corrected chi connectivity index (χ2v) is 7.17. The molecule has 7 heteroatoms. The Bertz CT molecular complexity index is 692. The molecule has 1 amide bonds. The zero-order valence-corrected chi connectivity index (χ0v) is 15.2. The molecule has 3 heterocycles. The van der Waals surface area contributed by atoms with Crippen LogP contribution in [0.2, 0.25) is 0 Å². The minimum absolute atomic E-state index is 0.0294. The Morgan fingerprint density at radius 2 is 2.16 bits per heavy atom. The van der Waals surface area contributed by atoms with Crippen molar-refractivity contribution in [3.8, 4) is 0 Å². The van der Waals surface area contributed by atoms with Gasteiger partial charge in [0, 0.05) is 45.1 Å². The lowest BCUT2D eigenvalue weighted by Crippen LogP contribution is -2.31. The van der Waals surface area contributed by atoms with Crippen LogP contribution in [0.15, 0.2) is 23.0 Å². The third-order valence-corrected chi connectivity index (χ3v) is 4.53. The highest BCUT2D eigenvalue weighted by Gasteiger charge is 2.25. The highest BCUT2D eigenvalue weighted by Crippen LogP contribution is 2.22. The van der Waals surface area contributed by atoms with E-state index >= 15 is 0 Å². The van der Waals surface area contributed by atoms with Crippen molar-refractivity contribution in [2.75, 3.05) is 13.1 Å². The molecule has 0 saturated heterocycles. The Morgan fingerprint density at radius 3 is 2.84 bits per heavy atom. The topological polar surface area (TPSA) is 76.2 Å². The molecule has 0 aliphatic carbocycles. The summed E-state index contributed by atoms with van der Waals surface area (Å²) in [4.78, 5) is 14.0. The summed E-state index contributed by atoms with van der Waals surface area (Å²) in [5, 5.41) is 11.9. The number of carbonyl (C=O) groups excluding carboxylic acids is 1. The van der Waals surface area contributed by atoms with Crippen LogP contribution in [-0.4, -0.2) is 38.7 Å². The number of hydrogen-bond donors (Lipinski definition) is 1. The molecule has 0 fully saturated rings. The molecule has 2 aromatic heterocycles. The van der Waals surface area contributed by atoms with Gasteiger partial charge in [0.25, 0.3) is 0 Å². The van der Waals surface area contributed by atoms with Gasteiger partial charge in [-0.25, -0.2) is 0 Å². The van der Waals surface area contributed by atoms with Crippen LogP contribution in [0.1, 0.15) is 50.4 Å². The Kier molecular flexibility index (Phi) is 5.53. The average Bonchev–Trinajstić information content (AvgIpc) is 3.14. The Morgan fingerprint density at radius 1 is 1.32 bits per heavy atom. The van der Waals surface area contributed by atoms with Crippen LogP contribution in [0.5, 0.6) is 0 Å². The number of fused-ring (bicyclic) bond motifs is 1. The molecule has 1 aliphatic rings. The van der Waals surface area contributed by atoms with E-state index in [0.717, 1.165) is 50.7 Å². The van der Waals surface area contributed by atoms with E-state index in [-0.39, 0.29) is 11.9 Å². The molecule has 0 radical (unpaired) electrons. The molecule has 0 spiro atoms. The summed E-state index contributed by atoms with van der Waals surface area (Å²) in [5.41, 5.74) is 1.19. The number of furan rings is 1. The summed E-state index contributed by atoms with van der Waals surface area (Å²) in [6.07, 6.45) is 5.23. The molecular weight excluding hydrogens is 318 g/mol. The van der Waals surface area contributed by atoms with Gasteiger partial charge in [-0.3, -0.25) is 9.69 Å². The average molecular weight is 345 g/mol. The van der Waals surface area contributed by atoms with Gasteiger partial charge in [0.2, 0.25) is 5.91 Å². The fraction of sp³-hybridized carbons (Fsp3) is 0.611. The first-order valence-electron chi connectivity index (χ1n) is 8.95. The SMILES string of the molecule is CC(=O)NC(CC(C)C)c1nnc2n1CCN(Cc1ccoc1)CC2. The van der Waals surface area contributed by atoms with E-state index in [1.54, 1.807) is 19.5 Å². The summed E-state index contributed by atoms with van der Waals surface area (Å²) < 4.78 is 7.36. The van der Waals surface area contributed by atoms with Gasteiger partial charge in [0.1, 0.15) is 5.82 Å². The number of aromatic nitrogens is 3. The van der Waals surface area contributed by atoms with Gasteiger partial charge in [-0.05, 0) is 18.4 Å². The lowest BCUT2D eigenvalue weighted by atomic mass is 10.0. The number of nitrogens with one attached hydrogen (secondary N) is 1. The Balaban J connectivity index is 1.73. The first kappa shape index (κ1) is 17.7. The highest BCUT2D eigenvalue weighted by molar-refractivity contribution is 5.73. The van der Waals surface area contributed by atoms with E-state index in [4.69, 9.17) is 4.42 Å². The maximum Gasteiger partial charge on any atom is 0.217 e. The van der Waals surface area contributed by atoms with Crippen molar-refractivity contribution < 1.29 is 9.21 Å². The van der Waals surface area contributed by atoms with Gasteiger partial charge in [0.05, 0.1) is 18.6 Å². The van der Waals surface area contributed by atoms with Gasteiger partial charge >= 0.3 is 0 Å². The Labute approximate surface area is 148 Å². The van der Waals surface area contributed by atoms with E-state index in [9.17, 15) is 4.79 Å². The summed E-state index contributed by atoms with van der Waals surface area (Å²) in [6.45, 7) is 9.45. The third-order valence-electron chi connectivity index (χ3n) is 4.53. The van der Waals surface area contributed by atoms with Crippen molar-refractivity contribution in [1.82, 2.24) is 25.0 Å². The number of rotatable bonds is 6. The first-order valence-corrected chi connectivity index (χ1v) is 8.95. The summed E-state index contributed by atoms with van der Waals surface area (Å²) >= 11 is 0. The summed E-state index contributed by atoms with van der Waals surface area (Å²) in [5.74, 6) is 2.32. The molecule has 1 unspecified atom stereocenters. The van der Waals surface area contributed by atoms with Crippen molar-refractivity contribution in [3.05, 3.63) is 35.8 Å². The fourth-order valence-corrected chi connectivity index (χ4v) is 3.39. The third kappa shape index (κ3) is 4.48. The predicted molar refractivity (Wildman–Crippen MR) is 93.7 cm³/mol. The predicted octanol–water partition coefficient (Wildman–Crippen LogP) is 2.15. The molecule has 2 aromatic rings. The zero-order valence-electron chi connectivity index (χ0n) is 15.2. The molecule has 0 aromatic carbocycles. The van der Waals surface area contributed by atoms with Gasteiger partial charge < -0.3 is 14.3 Å². The second kappa shape index (κ2) is 7.82. The summed E-state index contributed by atoms with van der Waals surface area (Å²) in [6, 6.07) is 1.92. The van der Waals surface area contributed by atoms with Crippen LogP contribution < -0.4 is 5.32 Å². The maximum absolute atomic E-state index is 11.6. The molecule has 0 bridgehead atoms. The van der Waals surface area contributed by atoms with Crippen LogP contribution in [0.4, 0.5) is 0 Å². The molecule has 136 valence electrons. The van der Waals surface area contributed by atoms with E-state index in [1.807, 2.05) is 6.07 Å². The minimum atomic E-state index is -0.0841. The van der Waals surface area contributed by atoms with Crippen molar-refractivity contribution in [3.63, 3.8) is 0 Å². The normalized spacial score (nSPS) is 16.5. The van der Waals surface area contributed by atoms with Crippen LogP contribution >= 0.6 is 0 Å². The van der Waals surface area contributed by atoms with Gasteiger partial charge in [0.15, 0.2) is 5.82 Å². The van der Waals surface area contributed by atoms with Crippen LogP contribution in [0, 0.1) is 5.92 Å². The molecule has 3 rings (SSSR count). The number of carbonyl (C=O) groups is 1. The molecular formula is C18H27N5O2. The number of hydrogen-bond acceptors (Lipinski definition) is 5. The largest absolute Gasteiger partial charge is 0.472 e. The standard InChI is InChI=1S/C18H27N5O2/c1-13(2)10-16(19-14(3)24)18-21-20-17-4-6-22(7-8-23(17)18)11-15-5-9-25-12-15/h5,9,12-13,16H,4,6-8,10-11H2,1-3H3,(H,19,24). The van der Waals surface area contributed by atoms with Gasteiger partial charge in [-0.1, -0.05) is 13.8 Å². The van der Waals surface area contributed by atoms with Crippen LogP contribution in [0.3, 0.4) is 0 Å². The second-order valence-electron chi connectivity index (χ2n) is 7.17. The van der Waals surface area contributed by atoms with Gasteiger partial charge in [-0.2, -0.15) is 0 Å². The monoisotopic (exact) mass is 345 g/mol. The van der Waals surface area contributed by atoms with Crippen LogP contribution in [-0.2, 0) is 24.3 Å². The molecule has 25 heavy (non-hydrogen) atoms. The van der Waals surface area contributed by atoms with E-state index in [1.165, 1.54) is 5.56 Å². The molecule has 1 aliphatic heterocycles. The highest BCUT2D eigenvalue weighted by atomic mass is 16.3. The van der Waals surface area contributed by atoms with E-state index in [0.29, 0.717) is 5.92 Å². The zero-order chi connectivity index (χ0) is 17.8. The lowest BCUT2D eigenvalue weighted by Gasteiger charge is -2.21. The van der Waals surface area contributed by atoms with Crippen molar-refractivity contribution in [2.24, 2.45) is 5.92 Å². The number of nitrogens with zero attached hydrogens (tertiary/aromatic N) is 4. The Hall–Kier alpha value is -2.15. The molecule has 1 atom stereocenters. The van der Waals surface area contributed by atoms with E-state index in [2.05, 4.69) is 38.8 Å². The smallest absolute Gasteiger partial charge is 0.217 e. The van der Waals surface area contributed by atoms with Gasteiger partial charge in [-0.15, -0.1) is 10.2 Å². The molecule has 1 N–H and O–H groups in total. The number of amides is 1. The quantitative estimate of drug-likeness (QED) is 0.868. The van der Waals surface area contributed by atoms with Crippen molar-refractivity contribution in [1.29, 1.82) is 0 Å². The van der Waals surface area contributed by atoms with Crippen molar-refractivity contribution in [2.45, 2.75) is 52.7 Å². The lowest BCUT2D eigenvalue weighted by molar-refractivity contribution is -0.119. The summed E-state index contributed by atoms with van der Waals surface area (Å²) in [7, 11) is 0. The molecule has 0 saturated carbocycles. The fourth-order valence-electron chi connectivity index (χ4n) is 3.39. The van der Waals surface area contributed by atoms with Crippen LogP contribution in [0.25, 0.3) is 0 Å². The minimum Gasteiger partial charge on any atom is -0.472 e. The molecule has 7 nitrogen and oxygen atoms in total. The van der Waals surface area contributed by atoms with E-state index < -0.39 is 0 Å². The maximum atomic E-state index is 11.6. The first-order chi connectivity index (χ1) is 12.0. The van der Waals surface area contributed by atoms with Crippen molar-refractivity contribution >= 4 is 5.91 Å².